The van der Waals surface area contributed by atoms with Crippen LogP contribution in [0.3, 0.4) is 0 Å². The van der Waals surface area contributed by atoms with E-state index in [1.807, 2.05) is 44.2 Å². The highest BCUT2D eigenvalue weighted by Crippen LogP contribution is 2.33. The molecule has 0 spiro atoms. The van der Waals surface area contributed by atoms with Gasteiger partial charge < -0.3 is 41.0 Å². The molecule has 3 fully saturated rings. The molecular formula is C39H47N7O8S. The van der Waals surface area contributed by atoms with Gasteiger partial charge in [0, 0.05) is 52.9 Å². The van der Waals surface area contributed by atoms with Crippen molar-refractivity contribution in [3.63, 3.8) is 0 Å². The number of aryl methyl sites for hydroxylation is 1. The molecule has 0 radical (unpaired) electrons. The van der Waals surface area contributed by atoms with Gasteiger partial charge in [-0.05, 0) is 86.2 Å². The highest BCUT2D eigenvalue weighted by atomic mass is 32.1. The molecule has 0 unspecified atom stereocenters. The maximum atomic E-state index is 13.3. The SMILES string of the molecule is Cc1ccc(NC2CNC2)cc1C(=O)N[C@H](C)c1cccc(-c2ccc(CN[C@H]3CC[C@@H](C(=O)OC[C@H]4O[C@@H](n5ccc(NO)nc5=O)[C@H](O)[C@@H]4O)C3)s2)c1. The molecular weight excluding hydrogens is 727 g/mol. The highest BCUT2D eigenvalue weighted by molar-refractivity contribution is 7.15. The largest absolute Gasteiger partial charge is 0.463 e. The van der Waals surface area contributed by atoms with Crippen LogP contribution in [0, 0.1) is 12.8 Å². The zero-order chi connectivity index (χ0) is 38.6. The summed E-state index contributed by atoms with van der Waals surface area (Å²) in [6, 6.07) is 20.0. The van der Waals surface area contributed by atoms with E-state index < -0.39 is 36.2 Å². The van der Waals surface area contributed by atoms with Crippen LogP contribution in [-0.4, -0.2) is 86.9 Å². The molecule has 1 amide bonds. The Morgan fingerprint density at radius 1 is 1.07 bits per heavy atom. The van der Waals surface area contributed by atoms with Crippen molar-refractivity contribution in [3.8, 4) is 10.4 Å². The van der Waals surface area contributed by atoms with Crippen molar-refractivity contribution in [2.24, 2.45) is 5.92 Å². The fraction of sp³-hybridized carbons (Fsp3) is 0.436. The molecule has 16 heteroatoms. The van der Waals surface area contributed by atoms with E-state index in [2.05, 4.69) is 50.5 Å². The molecule has 4 aromatic rings. The third-order valence-electron chi connectivity index (χ3n) is 10.6. The van der Waals surface area contributed by atoms with Crippen LogP contribution >= 0.6 is 11.3 Å². The number of benzene rings is 2. The Morgan fingerprint density at radius 3 is 2.67 bits per heavy atom. The molecule has 1 aliphatic carbocycles. The summed E-state index contributed by atoms with van der Waals surface area (Å²) in [5.41, 5.74) is 5.58. The molecule has 2 aliphatic heterocycles. The number of esters is 1. The van der Waals surface area contributed by atoms with Gasteiger partial charge >= 0.3 is 11.7 Å². The second-order valence-corrected chi connectivity index (χ2v) is 15.7. The molecule has 2 saturated heterocycles. The van der Waals surface area contributed by atoms with Crippen LogP contribution in [0.5, 0.6) is 0 Å². The number of aliphatic hydroxyl groups is 2. The molecule has 292 valence electrons. The number of nitrogens with zero attached hydrogens (tertiary/aromatic N) is 2. The van der Waals surface area contributed by atoms with Crippen LogP contribution < -0.4 is 32.4 Å². The molecule has 3 aliphatic rings. The zero-order valence-corrected chi connectivity index (χ0v) is 31.4. The Hall–Kier alpha value is -4.68. The van der Waals surface area contributed by atoms with Crippen molar-refractivity contribution >= 4 is 34.7 Å². The van der Waals surface area contributed by atoms with Crippen molar-refractivity contribution in [3.05, 3.63) is 98.9 Å². The number of hydrogen-bond donors (Lipinski definition) is 8. The average Bonchev–Trinajstić information content (AvgIpc) is 3.92. The quantitative estimate of drug-likeness (QED) is 0.0686. The van der Waals surface area contributed by atoms with E-state index in [9.17, 15) is 24.6 Å². The van der Waals surface area contributed by atoms with Gasteiger partial charge in [0.2, 0.25) is 0 Å². The second-order valence-electron chi connectivity index (χ2n) is 14.5. The maximum absolute atomic E-state index is 13.3. The van der Waals surface area contributed by atoms with Crippen molar-refractivity contribution in [1.82, 2.24) is 25.5 Å². The van der Waals surface area contributed by atoms with Crippen molar-refractivity contribution in [2.75, 3.05) is 30.5 Å². The van der Waals surface area contributed by atoms with Gasteiger partial charge in [-0.2, -0.15) is 4.98 Å². The van der Waals surface area contributed by atoms with E-state index in [4.69, 9.17) is 14.7 Å². The molecule has 2 aromatic heterocycles. The number of rotatable bonds is 14. The Balaban J connectivity index is 0.871. The number of amides is 1. The number of aromatic nitrogens is 2. The van der Waals surface area contributed by atoms with Crippen LogP contribution in [-0.2, 0) is 20.8 Å². The van der Waals surface area contributed by atoms with E-state index in [1.165, 1.54) is 12.3 Å². The molecule has 7 atom stereocenters. The second kappa shape index (κ2) is 17.0. The van der Waals surface area contributed by atoms with Crippen LogP contribution in [0.4, 0.5) is 11.5 Å². The summed E-state index contributed by atoms with van der Waals surface area (Å²) in [5.74, 6) is -0.907. The fourth-order valence-corrected chi connectivity index (χ4v) is 8.16. The number of nitrogens with one attached hydrogen (secondary N) is 5. The average molecular weight is 774 g/mol. The van der Waals surface area contributed by atoms with Crippen LogP contribution in [0.1, 0.15) is 64.8 Å². The summed E-state index contributed by atoms with van der Waals surface area (Å²) in [6.07, 6.45) is -1.80. The summed E-state index contributed by atoms with van der Waals surface area (Å²) in [4.78, 5) is 44.5. The van der Waals surface area contributed by atoms with Crippen molar-refractivity contribution in [1.29, 1.82) is 0 Å². The lowest BCUT2D eigenvalue weighted by molar-refractivity contribution is -0.154. The number of aliphatic hydroxyl groups excluding tert-OH is 2. The third-order valence-corrected chi connectivity index (χ3v) is 11.7. The highest BCUT2D eigenvalue weighted by Gasteiger charge is 2.45. The lowest BCUT2D eigenvalue weighted by atomic mass is 10.0. The Bertz CT molecular complexity index is 2050. The van der Waals surface area contributed by atoms with Gasteiger partial charge in [-0.25, -0.2) is 4.79 Å². The minimum absolute atomic E-state index is 0.0804. The standard InChI is InChI=1S/C39H47N7O8S/c1-21-6-8-27(43-28-17-40-18-28)16-30(21)36(49)42-22(2)23-4-3-5-24(14-23)32-11-10-29(55-32)19-41-26-9-7-25(15-26)38(50)53-20-31-34(47)35(48)37(54-31)46-13-12-33(45-52)44-39(46)51/h3-6,8,10-14,16,22,25-26,28,31,34-35,37,40-41,43,47-48,52H,7,9,15,17-20H2,1-2H3,(H,42,49)(H,44,45,51)/t22-,25-,26+,31-,34-,35-,37-/m1/s1. The third kappa shape index (κ3) is 8.91. The summed E-state index contributed by atoms with van der Waals surface area (Å²) < 4.78 is 12.2. The number of anilines is 2. The van der Waals surface area contributed by atoms with Gasteiger partial charge in [0.05, 0.1) is 18.0 Å². The lowest BCUT2D eigenvalue weighted by Gasteiger charge is -2.29. The molecule has 4 heterocycles. The summed E-state index contributed by atoms with van der Waals surface area (Å²) in [7, 11) is 0. The first-order valence-electron chi connectivity index (χ1n) is 18.5. The van der Waals surface area contributed by atoms with E-state index in [0.29, 0.717) is 31.0 Å². The monoisotopic (exact) mass is 773 g/mol. The Morgan fingerprint density at radius 2 is 1.91 bits per heavy atom. The molecule has 2 aromatic carbocycles. The Kier molecular flexibility index (Phi) is 11.9. The summed E-state index contributed by atoms with van der Waals surface area (Å²) in [6.45, 7) is 6.15. The zero-order valence-electron chi connectivity index (χ0n) is 30.6. The maximum Gasteiger partial charge on any atom is 0.351 e. The van der Waals surface area contributed by atoms with Gasteiger partial charge in [0.15, 0.2) is 12.0 Å². The minimum Gasteiger partial charge on any atom is -0.463 e. The molecule has 1 saturated carbocycles. The van der Waals surface area contributed by atoms with Crippen molar-refractivity contribution in [2.45, 2.75) is 82.3 Å². The van der Waals surface area contributed by atoms with Gasteiger partial charge in [-0.3, -0.25) is 24.8 Å². The summed E-state index contributed by atoms with van der Waals surface area (Å²) in [5, 5.41) is 43.5. The topological polar surface area (TPSA) is 208 Å². The van der Waals surface area contributed by atoms with E-state index in [1.54, 1.807) is 16.8 Å². The number of hydrogen-bond acceptors (Lipinski definition) is 14. The lowest BCUT2D eigenvalue weighted by Crippen LogP contribution is -2.51. The molecule has 55 heavy (non-hydrogen) atoms. The van der Waals surface area contributed by atoms with E-state index in [0.717, 1.165) is 56.2 Å². The Labute approximate surface area is 322 Å². The smallest absolute Gasteiger partial charge is 0.351 e. The van der Waals surface area contributed by atoms with Gasteiger partial charge in [-0.15, -0.1) is 11.3 Å². The van der Waals surface area contributed by atoms with E-state index in [-0.39, 0.29) is 36.3 Å². The van der Waals surface area contributed by atoms with Gasteiger partial charge in [0.25, 0.3) is 5.91 Å². The van der Waals surface area contributed by atoms with Gasteiger partial charge in [0.1, 0.15) is 24.9 Å². The molecule has 15 nitrogen and oxygen atoms in total. The molecule has 0 bridgehead atoms. The predicted molar refractivity (Wildman–Crippen MR) is 206 cm³/mol. The van der Waals surface area contributed by atoms with Crippen LogP contribution in [0.15, 0.2) is 71.7 Å². The first kappa shape index (κ1) is 38.6. The number of carbonyl (C=O) groups excluding carboxylic acids is 2. The predicted octanol–water partition coefficient (Wildman–Crippen LogP) is 3.08. The van der Waals surface area contributed by atoms with E-state index >= 15 is 0 Å². The number of carbonyl (C=O) groups is 2. The fourth-order valence-electron chi connectivity index (χ4n) is 7.20. The number of ether oxygens (including phenoxy) is 2. The summed E-state index contributed by atoms with van der Waals surface area (Å²) >= 11 is 1.70. The first-order valence-corrected chi connectivity index (χ1v) is 19.4. The normalized spacial score (nSPS) is 24.2. The van der Waals surface area contributed by atoms with Crippen molar-refractivity contribution < 1.29 is 34.5 Å². The van der Waals surface area contributed by atoms with Gasteiger partial charge in [-0.1, -0.05) is 24.3 Å². The van der Waals surface area contributed by atoms with Crippen LogP contribution in [0.2, 0.25) is 0 Å². The minimum atomic E-state index is -1.45. The number of thiophene rings is 1. The molecule has 7 rings (SSSR count). The van der Waals surface area contributed by atoms with Crippen LogP contribution in [0.25, 0.3) is 10.4 Å². The molecule has 8 N–H and O–H groups in total. The first-order chi connectivity index (χ1) is 26.6.